The van der Waals surface area contributed by atoms with E-state index in [0.717, 1.165) is 61.0 Å². The molecule has 0 unspecified atom stereocenters. The highest BCUT2D eigenvalue weighted by molar-refractivity contribution is 7.13. The summed E-state index contributed by atoms with van der Waals surface area (Å²) >= 11 is 1.54. The lowest BCUT2D eigenvalue weighted by Gasteiger charge is -2.36. The summed E-state index contributed by atoms with van der Waals surface area (Å²) in [6.07, 6.45) is 6.96. The SMILES string of the molecule is CN(C(=O)Cc1csc(-c2ccccn2)n1)C1CCN(CCc2ccccn2)CC1. The summed E-state index contributed by atoms with van der Waals surface area (Å²) in [5, 5.41) is 2.83. The number of likely N-dealkylation sites (N-methyl/N-ethyl adjacent to an activating group) is 1. The Balaban J connectivity index is 1.24. The highest BCUT2D eigenvalue weighted by Gasteiger charge is 2.25. The predicted molar refractivity (Wildman–Crippen MR) is 119 cm³/mol. The normalized spacial score (nSPS) is 15.2. The van der Waals surface area contributed by atoms with Crippen LogP contribution in [0.25, 0.3) is 10.7 Å². The molecule has 1 aliphatic heterocycles. The lowest BCUT2D eigenvalue weighted by molar-refractivity contribution is -0.132. The number of carbonyl (C=O) groups excluding carboxylic acids is 1. The van der Waals surface area contributed by atoms with Crippen molar-refractivity contribution in [2.75, 3.05) is 26.7 Å². The summed E-state index contributed by atoms with van der Waals surface area (Å²) in [6.45, 7) is 3.07. The molecule has 1 fully saturated rings. The molecule has 156 valence electrons. The number of rotatable bonds is 7. The average molecular weight is 422 g/mol. The molecule has 6 nitrogen and oxygen atoms in total. The summed E-state index contributed by atoms with van der Waals surface area (Å²) in [4.78, 5) is 30.5. The predicted octanol–water partition coefficient (Wildman–Crippen LogP) is 3.31. The van der Waals surface area contributed by atoms with E-state index in [2.05, 4.69) is 25.9 Å². The van der Waals surface area contributed by atoms with Gasteiger partial charge in [0.25, 0.3) is 0 Å². The first-order valence-corrected chi connectivity index (χ1v) is 11.3. The van der Waals surface area contributed by atoms with Gasteiger partial charge in [-0.25, -0.2) is 4.98 Å². The van der Waals surface area contributed by atoms with Crippen molar-refractivity contribution in [2.45, 2.75) is 31.7 Å². The van der Waals surface area contributed by atoms with Crippen molar-refractivity contribution in [1.29, 1.82) is 0 Å². The first-order valence-electron chi connectivity index (χ1n) is 10.4. The van der Waals surface area contributed by atoms with E-state index in [0.29, 0.717) is 12.5 Å². The highest BCUT2D eigenvalue weighted by Crippen LogP contribution is 2.22. The minimum absolute atomic E-state index is 0.139. The van der Waals surface area contributed by atoms with Gasteiger partial charge in [-0.1, -0.05) is 12.1 Å². The molecule has 0 saturated carbocycles. The Hall–Kier alpha value is -2.64. The van der Waals surface area contributed by atoms with Crippen molar-refractivity contribution >= 4 is 17.2 Å². The zero-order chi connectivity index (χ0) is 20.8. The topological polar surface area (TPSA) is 62.2 Å². The van der Waals surface area contributed by atoms with Crippen LogP contribution in [0.5, 0.6) is 0 Å². The highest BCUT2D eigenvalue weighted by atomic mass is 32.1. The fourth-order valence-corrected chi connectivity index (χ4v) is 4.62. The van der Waals surface area contributed by atoms with Crippen LogP contribution in [0.2, 0.25) is 0 Å². The second kappa shape index (κ2) is 9.91. The smallest absolute Gasteiger partial charge is 0.228 e. The number of piperidine rings is 1. The molecule has 0 bridgehead atoms. The third kappa shape index (κ3) is 5.29. The maximum absolute atomic E-state index is 12.8. The Bertz CT molecular complexity index is 938. The summed E-state index contributed by atoms with van der Waals surface area (Å²) in [5.74, 6) is 0.139. The van der Waals surface area contributed by atoms with Crippen LogP contribution in [0, 0.1) is 0 Å². The number of amides is 1. The van der Waals surface area contributed by atoms with Crippen molar-refractivity contribution in [1.82, 2.24) is 24.8 Å². The summed E-state index contributed by atoms with van der Waals surface area (Å²) in [5.41, 5.74) is 2.82. The molecule has 4 heterocycles. The van der Waals surface area contributed by atoms with Gasteiger partial charge in [-0.15, -0.1) is 11.3 Å². The monoisotopic (exact) mass is 421 g/mol. The third-order valence-electron chi connectivity index (χ3n) is 5.68. The van der Waals surface area contributed by atoms with Crippen LogP contribution >= 0.6 is 11.3 Å². The maximum atomic E-state index is 12.8. The van der Waals surface area contributed by atoms with Crippen LogP contribution in [-0.2, 0) is 17.6 Å². The van der Waals surface area contributed by atoms with Crippen molar-refractivity contribution < 1.29 is 4.79 Å². The fourth-order valence-electron chi connectivity index (χ4n) is 3.83. The zero-order valence-electron chi connectivity index (χ0n) is 17.3. The van der Waals surface area contributed by atoms with E-state index in [4.69, 9.17) is 0 Å². The standard InChI is InChI=1S/C23H27N5OS/c1-27(20-9-14-28(15-10-20)13-8-18-6-2-4-11-24-18)22(29)16-19-17-30-23(26-19)21-7-3-5-12-25-21/h2-7,11-12,17,20H,8-10,13-16H2,1H3. The molecule has 1 amide bonds. The van der Waals surface area contributed by atoms with Crippen LogP contribution in [0.15, 0.2) is 54.2 Å². The number of likely N-dealkylation sites (tertiary alicyclic amines) is 1. The van der Waals surface area contributed by atoms with Gasteiger partial charge < -0.3 is 9.80 Å². The van der Waals surface area contributed by atoms with Gasteiger partial charge in [0.15, 0.2) is 0 Å². The molecule has 0 aromatic carbocycles. The number of hydrogen-bond donors (Lipinski definition) is 0. The van der Waals surface area contributed by atoms with Crippen LogP contribution < -0.4 is 0 Å². The number of aromatic nitrogens is 3. The van der Waals surface area contributed by atoms with Crippen molar-refractivity contribution in [3.8, 4) is 10.7 Å². The lowest BCUT2D eigenvalue weighted by atomic mass is 10.0. The Labute approximate surface area is 181 Å². The van der Waals surface area contributed by atoms with E-state index < -0.39 is 0 Å². The number of carbonyl (C=O) groups is 1. The van der Waals surface area contributed by atoms with Gasteiger partial charge in [-0.3, -0.25) is 14.8 Å². The Kier molecular flexibility index (Phi) is 6.81. The number of pyridine rings is 2. The van der Waals surface area contributed by atoms with Crippen molar-refractivity contribution in [2.24, 2.45) is 0 Å². The molecule has 0 radical (unpaired) electrons. The Morgan fingerprint density at radius 1 is 1.10 bits per heavy atom. The molecule has 7 heteroatoms. The quantitative estimate of drug-likeness (QED) is 0.586. The minimum atomic E-state index is 0.139. The van der Waals surface area contributed by atoms with E-state index >= 15 is 0 Å². The average Bonchev–Trinajstić information content (AvgIpc) is 3.27. The molecule has 1 aliphatic rings. The largest absolute Gasteiger partial charge is 0.342 e. The van der Waals surface area contributed by atoms with E-state index in [1.54, 1.807) is 6.20 Å². The van der Waals surface area contributed by atoms with Crippen molar-refractivity contribution in [3.63, 3.8) is 0 Å². The molecule has 0 aliphatic carbocycles. The second-order valence-corrected chi connectivity index (χ2v) is 8.54. The van der Waals surface area contributed by atoms with Gasteiger partial charge in [0, 0.05) is 62.6 Å². The molecule has 3 aromatic rings. The van der Waals surface area contributed by atoms with Crippen LogP contribution in [0.1, 0.15) is 24.2 Å². The number of thiazole rings is 1. The van der Waals surface area contributed by atoms with Gasteiger partial charge in [0.1, 0.15) is 5.01 Å². The molecule has 0 spiro atoms. The Morgan fingerprint density at radius 2 is 1.87 bits per heavy atom. The molecular formula is C23H27N5OS. The zero-order valence-corrected chi connectivity index (χ0v) is 18.1. The molecule has 4 rings (SSSR count). The van der Waals surface area contributed by atoms with E-state index in [1.165, 1.54) is 11.3 Å². The molecule has 1 saturated heterocycles. The summed E-state index contributed by atoms with van der Waals surface area (Å²) in [6, 6.07) is 12.2. The van der Waals surface area contributed by atoms with Crippen LogP contribution in [0.3, 0.4) is 0 Å². The molecule has 0 N–H and O–H groups in total. The van der Waals surface area contributed by atoms with E-state index in [1.807, 2.05) is 53.9 Å². The summed E-state index contributed by atoms with van der Waals surface area (Å²) in [7, 11) is 1.93. The van der Waals surface area contributed by atoms with Gasteiger partial charge in [-0.05, 0) is 37.1 Å². The third-order valence-corrected chi connectivity index (χ3v) is 6.59. The van der Waals surface area contributed by atoms with E-state index in [-0.39, 0.29) is 5.91 Å². The molecule has 3 aromatic heterocycles. The van der Waals surface area contributed by atoms with Crippen LogP contribution in [-0.4, -0.2) is 63.4 Å². The van der Waals surface area contributed by atoms with E-state index in [9.17, 15) is 4.79 Å². The fraction of sp³-hybridized carbons (Fsp3) is 0.391. The second-order valence-electron chi connectivity index (χ2n) is 7.68. The van der Waals surface area contributed by atoms with Crippen LogP contribution in [0.4, 0.5) is 0 Å². The van der Waals surface area contributed by atoms with Crippen molar-refractivity contribution in [3.05, 3.63) is 65.6 Å². The van der Waals surface area contributed by atoms with Gasteiger partial charge in [0.05, 0.1) is 17.8 Å². The maximum Gasteiger partial charge on any atom is 0.228 e. The number of nitrogens with zero attached hydrogens (tertiary/aromatic N) is 5. The van der Waals surface area contributed by atoms with Gasteiger partial charge >= 0.3 is 0 Å². The number of hydrogen-bond acceptors (Lipinski definition) is 6. The Morgan fingerprint density at radius 3 is 2.57 bits per heavy atom. The lowest BCUT2D eigenvalue weighted by Crippen LogP contribution is -2.46. The summed E-state index contributed by atoms with van der Waals surface area (Å²) < 4.78 is 0. The molecular weight excluding hydrogens is 394 g/mol. The molecule has 0 atom stereocenters. The minimum Gasteiger partial charge on any atom is -0.342 e. The van der Waals surface area contributed by atoms with Gasteiger partial charge in [-0.2, -0.15) is 0 Å². The first-order chi connectivity index (χ1) is 14.7. The molecule has 30 heavy (non-hydrogen) atoms. The van der Waals surface area contributed by atoms with Gasteiger partial charge in [0.2, 0.25) is 5.91 Å². The first kappa shape index (κ1) is 20.6.